The van der Waals surface area contributed by atoms with Crippen LogP contribution in [0.2, 0.25) is 0 Å². The smallest absolute Gasteiger partial charge is 0.254 e. The van der Waals surface area contributed by atoms with Crippen LogP contribution in [-0.4, -0.2) is 70.6 Å². The fourth-order valence-electron chi connectivity index (χ4n) is 6.14. The van der Waals surface area contributed by atoms with Crippen LogP contribution in [0.4, 0.5) is 0 Å². The van der Waals surface area contributed by atoms with E-state index in [1.165, 1.54) is 36.7 Å². The predicted molar refractivity (Wildman–Crippen MR) is 236 cm³/mol. The molecule has 0 radical (unpaired) electrons. The van der Waals surface area contributed by atoms with Gasteiger partial charge in [-0.2, -0.15) is 0 Å². The Bertz CT molecular complexity index is 3100. The van der Waals surface area contributed by atoms with Crippen molar-refractivity contribution in [2.45, 2.75) is 53.4 Å². The van der Waals surface area contributed by atoms with Crippen LogP contribution in [0.3, 0.4) is 0 Å². The van der Waals surface area contributed by atoms with E-state index in [2.05, 4.69) is 30.6 Å². The Kier molecular flexibility index (Phi) is 13.8. The predicted octanol–water partition coefficient (Wildman–Crippen LogP) is 6.42. The van der Waals surface area contributed by atoms with Gasteiger partial charge in [-0.1, -0.05) is 38.1 Å². The Balaban J connectivity index is 0.000000192. The van der Waals surface area contributed by atoms with Crippen molar-refractivity contribution in [3.05, 3.63) is 169 Å². The fourth-order valence-corrected chi connectivity index (χ4v) is 8.66. The number of nitrogens with one attached hydrogen (secondary N) is 2. The molecule has 0 aliphatic heterocycles. The quantitative estimate of drug-likeness (QED) is 0.114. The van der Waals surface area contributed by atoms with Gasteiger partial charge in [-0.05, 0) is 96.8 Å². The van der Waals surface area contributed by atoms with E-state index < -0.39 is 19.7 Å². The van der Waals surface area contributed by atoms with Crippen LogP contribution < -0.4 is 20.1 Å². The number of imidazole rings is 2. The summed E-state index contributed by atoms with van der Waals surface area (Å²) in [6, 6.07) is 25.6. The second-order valence-corrected chi connectivity index (χ2v) is 18.6. The van der Waals surface area contributed by atoms with Gasteiger partial charge in [0.1, 0.15) is 11.5 Å². The summed E-state index contributed by atoms with van der Waals surface area (Å²) in [5.41, 5.74) is 2.35. The Hall–Kier alpha value is -7.44. The first-order valence-electron chi connectivity index (χ1n) is 20.1. The maximum Gasteiger partial charge on any atom is 0.254 e. The molecule has 0 spiro atoms. The highest BCUT2D eigenvalue weighted by molar-refractivity contribution is 7.91. The van der Waals surface area contributed by atoms with E-state index in [-0.39, 0.29) is 44.5 Å². The van der Waals surface area contributed by atoms with E-state index in [1.807, 2.05) is 20.8 Å². The van der Waals surface area contributed by atoms with Crippen molar-refractivity contribution in [3.63, 3.8) is 0 Å². The highest BCUT2D eigenvalue weighted by atomic mass is 32.2. The summed E-state index contributed by atoms with van der Waals surface area (Å²) in [6.45, 7) is 7.55. The highest BCUT2D eigenvalue weighted by Gasteiger charge is 2.19. The third-order valence-corrected chi connectivity index (χ3v) is 13.1. The van der Waals surface area contributed by atoms with Gasteiger partial charge in [0.15, 0.2) is 0 Å². The zero-order valence-corrected chi connectivity index (χ0v) is 36.7. The third-order valence-electron chi connectivity index (χ3n) is 9.55. The van der Waals surface area contributed by atoms with E-state index in [0.29, 0.717) is 53.3 Å². The molecule has 4 aromatic heterocycles. The summed E-state index contributed by atoms with van der Waals surface area (Å²) in [5.74, 6) is 2.10. The summed E-state index contributed by atoms with van der Waals surface area (Å²) in [5, 5.41) is 5.62. The number of sulfone groups is 2. The molecule has 8 aromatic rings. The lowest BCUT2D eigenvalue weighted by Crippen LogP contribution is -2.23. The Morgan fingerprint density at radius 2 is 0.938 bits per heavy atom. The molecule has 8 rings (SSSR count). The molecule has 0 aliphatic rings. The maximum absolute atomic E-state index is 12.9. The standard InChI is InChI=1S/C24H24N4O4S.C22H20N4O4S/c1-17(2)16-32-20-5-9-22(10-6-20)33(30,31)21-7-3-18(4-8-21)13-26-23(29)19-14-27-24-25-11-12-28(24)15-19;1-2-30-18-5-9-20(10-6-18)31(28,29)19-7-3-16(4-8-19)13-24-21(27)17-14-25-22-23-11-12-26(22)15-17/h3-12,14-15,17H,13,16H2,1-2H3,(H,26,29);3-12,14-15H,2,13H2,1H3,(H,24,27). The molecular formula is C46H44N8O8S2. The number of ether oxygens (including phenoxy) is 2. The molecule has 0 unspecified atom stereocenters. The number of benzene rings is 4. The van der Waals surface area contributed by atoms with Gasteiger partial charge >= 0.3 is 0 Å². The van der Waals surface area contributed by atoms with Gasteiger partial charge in [-0.3, -0.25) is 18.4 Å². The Morgan fingerprint density at radius 1 is 0.562 bits per heavy atom. The largest absolute Gasteiger partial charge is 0.494 e. The zero-order valence-electron chi connectivity index (χ0n) is 35.0. The summed E-state index contributed by atoms with van der Waals surface area (Å²) in [6.07, 6.45) is 12.9. The number of fused-ring (bicyclic) bond motifs is 2. The topological polar surface area (TPSA) is 205 Å². The van der Waals surface area contributed by atoms with E-state index >= 15 is 0 Å². The highest BCUT2D eigenvalue weighted by Crippen LogP contribution is 2.25. The van der Waals surface area contributed by atoms with Gasteiger partial charge < -0.3 is 20.1 Å². The number of nitrogens with zero attached hydrogens (tertiary/aromatic N) is 6. The van der Waals surface area contributed by atoms with Crippen molar-refractivity contribution in [1.82, 2.24) is 39.4 Å². The van der Waals surface area contributed by atoms with E-state index in [1.54, 1.807) is 119 Å². The van der Waals surface area contributed by atoms with Gasteiger partial charge in [-0.25, -0.2) is 36.8 Å². The number of carbonyl (C=O) groups excluding carboxylic acids is 2. The number of carbonyl (C=O) groups is 2. The van der Waals surface area contributed by atoms with Crippen molar-refractivity contribution in [3.8, 4) is 11.5 Å². The van der Waals surface area contributed by atoms with Gasteiger partial charge in [0, 0.05) is 62.7 Å². The van der Waals surface area contributed by atoms with Crippen LogP contribution in [0.5, 0.6) is 11.5 Å². The van der Waals surface area contributed by atoms with E-state index in [4.69, 9.17) is 9.47 Å². The molecule has 0 saturated carbocycles. The lowest BCUT2D eigenvalue weighted by Gasteiger charge is -2.10. The minimum absolute atomic E-state index is 0.182. The lowest BCUT2D eigenvalue weighted by atomic mass is 10.2. The first-order chi connectivity index (χ1) is 30.8. The van der Waals surface area contributed by atoms with Gasteiger partial charge in [-0.15, -0.1) is 0 Å². The molecule has 328 valence electrons. The molecule has 0 bridgehead atoms. The molecule has 4 aromatic carbocycles. The van der Waals surface area contributed by atoms with Crippen LogP contribution in [0.1, 0.15) is 52.6 Å². The first-order valence-corrected chi connectivity index (χ1v) is 23.0. The Morgan fingerprint density at radius 3 is 1.31 bits per heavy atom. The summed E-state index contributed by atoms with van der Waals surface area (Å²) >= 11 is 0. The fraction of sp³-hybridized carbons (Fsp3) is 0.174. The van der Waals surface area contributed by atoms with Gasteiger partial charge in [0.2, 0.25) is 31.2 Å². The average Bonchev–Trinajstić information content (AvgIpc) is 4.00. The lowest BCUT2D eigenvalue weighted by molar-refractivity contribution is 0.0942. The number of aromatic nitrogens is 6. The van der Waals surface area contributed by atoms with Crippen LogP contribution in [0, 0.1) is 5.92 Å². The molecule has 0 aliphatic carbocycles. The van der Waals surface area contributed by atoms with E-state index in [0.717, 1.165) is 11.1 Å². The first kappa shape index (κ1) is 44.6. The van der Waals surface area contributed by atoms with Crippen molar-refractivity contribution >= 4 is 43.0 Å². The second kappa shape index (κ2) is 19.7. The van der Waals surface area contributed by atoms with Crippen molar-refractivity contribution in [2.24, 2.45) is 5.92 Å². The number of amides is 2. The average molecular weight is 901 g/mol. The molecule has 2 amide bonds. The van der Waals surface area contributed by atoms with Crippen molar-refractivity contribution in [2.75, 3.05) is 13.2 Å². The van der Waals surface area contributed by atoms with Crippen LogP contribution >= 0.6 is 0 Å². The van der Waals surface area contributed by atoms with Crippen LogP contribution in [-0.2, 0) is 32.8 Å². The van der Waals surface area contributed by atoms with Crippen LogP contribution in [0.25, 0.3) is 11.6 Å². The minimum atomic E-state index is -3.65. The minimum Gasteiger partial charge on any atom is -0.494 e. The molecule has 64 heavy (non-hydrogen) atoms. The molecule has 16 nitrogen and oxygen atoms in total. The number of hydrogen-bond donors (Lipinski definition) is 2. The SMILES string of the molecule is CC(C)COc1ccc(S(=O)(=O)c2ccc(CNC(=O)c3cnc4nccn4c3)cc2)cc1.CCOc1ccc(S(=O)(=O)c2ccc(CNC(=O)c3cnc4nccn4c3)cc2)cc1. The third kappa shape index (κ3) is 10.8. The zero-order chi connectivity index (χ0) is 45.3. The van der Waals surface area contributed by atoms with Crippen molar-refractivity contribution < 1.29 is 35.9 Å². The molecule has 0 saturated heterocycles. The molecule has 18 heteroatoms. The normalized spacial score (nSPS) is 11.5. The Labute approximate surface area is 369 Å². The second-order valence-electron chi connectivity index (χ2n) is 14.7. The maximum atomic E-state index is 12.9. The van der Waals surface area contributed by atoms with Crippen molar-refractivity contribution in [1.29, 1.82) is 0 Å². The van der Waals surface area contributed by atoms with Gasteiger partial charge in [0.25, 0.3) is 11.8 Å². The molecule has 0 fully saturated rings. The monoisotopic (exact) mass is 900 g/mol. The summed E-state index contributed by atoms with van der Waals surface area (Å²) < 4.78 is 65.8. The molecule has 0 atom stereocenters. The number of hydrogen-bond acceptors (Lipinski definition) is 12. The molecule has 2 N–H and O–H groups in total. The summed E-state index contributed by atoms with van der Waals surface area (Å²) in [4.78, 5) is 41.9. The van der Waals surface area contributed by atoms with Gasteiger partial charge in [0.05, 0.1) is 43.9 Å². The van der Waals surface area contributed by atoms with Crippen LogP contribution in [0.15, 0.2) is 166 Å². The van der Waals surface area contributed by atoms with E-state index in [9.17, 15) is 26.4 Å². The molecule has 4 heterocycles. The molecular weight excluding hydrogens is 857 g/mol. The number of rotatable bonds is 15. The summed E-state index contributed by atoms with van der Waals surface area (Å²) in [7, 11) is -7.29.